The molecule has 7 heteroatoms. The van der Waals surface area contributed by atoms with Crippen molar-refractivity contribution in [3.63, 3.8) is 0 Å². The number of aryl methyl sites for hydroxylation is 1. The zero-order valence-electron chi connectivity index (χ0n) is 16.4. The fraction of sp³-hybridized carbons (Fsp3) is 0.409. The molecule has 1 fully saturated rings. The van der Waals surface area contributed by atoms with Crippen LogP contribution < -0.4 is 5.32 Å². The van der Waals surface area contributed by atoms with Crippen molar-refractivity contribution in [2.75, 3.05) is 26.2 Å². The number of ketones is 1. The van der Waals surface area contributed by atoms with Crippen molar-refractivity contribution in [2.45, 2.75) is 32.2 Å². The van der Waals surface area contributed by atoms with Crippen molar-refractivity contribution >= 4 is 17.7 Å². The van der Waals surface area contributed by atoms with Gasteiger partial charge in [0.1, 0.15) is 5.76 Å². The molecule has 2 aromatic rings. The number of benzene rings is 1. The Morgan fingerprint density at radius 1 is 1.00 bits per heavy atom. The number of nitrogens with zero attached hydrogens (tertiary/aromatic N) is 2. The van der Waals surface area contributed by atoms with Crippen LogP contribution in [0.15, 0.2) is 41.0 Å². The van der Waals surface area contributed by atoms with Gasteiger partial charge >= 0.3 is 6.03 Å². The van der Waals surface area contributed by atoms with Gasteiger partial charge in [-0.1, -0.05) is 6.07 Å². The Kier molecular flexibility index (Phi) is 5.64. The molecule has 0 atom stereocenters. The van der Waals surface area contributed by atoms with E-state index in [0.717, 1.165) is 30.4 Å². The van der Waals surface area contributed by atoms with E-state index in [1.54, 1.807) is 34.3 Å². The third-order valence-electron chi connectivity index (χ3n) is 5.57. The second-order valence-electron chi connectivity index (χ2n) is 7.52. The SMILES string of the molecule is O=C1CCCc2cc(C(=O)N3CCCN(C(=O)NCc4ccco4)CC3)ccc21. The van der Waals surface area contributed by atoms with Gasteiger partial charge in [0.25, 0.3) is 5.91 Å². The van der Waals surface area contributed by atoms with E-state index in [-0.39, 0.29) is 17.7 Å². The maximum Gasteiger partial charge on any atom is 0.317 e. The minimum atomic E-state index is -0.150. The molecule has 2 heterocycles. The van der Waals surface area contributed by atoms with Gasteiger partial charge in [0, 0.05) is 43.7 Å². The average molecular weight is 395 g/mol. The number of nitrogens with one attached hydrogen (secondary N) is 1. The molecule has 1 saturated heterocycles. The minimum Gasteiger partial charge on any atom is -0.467 e. The lowest BCUT2D eigenvalue weighted by atomic mass is 9.89. The lowest BCUT2D eigenvalue weighted by Gasteiger charge is -2.23. The van der Waals surface area contributed by atoms with Crippen LogP contribution in [0.2, 0.25) is 0 Å². The Balaban J connectivity index is 1.36. The molecule has 0 saturated carbocycles. The lowest BCUT2D eigenvalue weighted by Crippen LogP contribution is -2.42. The first-order valence-corrected chi connectivity index (χ1v) is 10.1. The Morgan fingerprint density at radius 3 is 2.66 bits per heavy atom. The van der Waals surface area contributed by atoms with Gasteiger partial charge in [-0.15, -0.1) is 0 Å². The molecule has 1 aliphatic heterocycles. The fourth-order valence-corrected chi connectivity index (χ4v) is 3.97. The van der Waals surface area contributed by atoms with E-state index in [4.69, 9.17) is 4.42 Å². The van der Waals surface area contributed by atoms with E-state index in [1.807, 2.05) is 12.1 Å². The molecule has 4 rings (SSSR count). The molecule has 7 nitrogen and oxygen atoms in total. The third kappa shape index (κ3) is 4.34. The predicted octanol–water partition coefficient (Wildman–Crippen LogP) is 2.86. The van der Waals surface area contributed by atoms with Gasteiger partial charge in [0.2, 0.25) is 0 Å². The molecule has 1 aromatic heterocycles. The monoisotopic (exact) mass is 395 g/mol. The summed E-state index contributed by atoms with van der Waals surface area (Å²) in [7, 11) is 0. The maximum atomic E-state index is 13.0. The summed E-state index contributed by atoms with van der Waals surface area (Å²) in [6.45, 7) is 2.53. The number of fused-ring (bicyclic) bond motifs is 1. The van der Waals surface area contributed by atoms with Crippen LogP contribution in [0, 0.1) is 0 Å². The molecule has 29 heavy (non-hydrogen) atoms. The standard InChI is InChI=1S/C22H25N3O4/c26-20-6-1-4-16-14-17(7-8-19(16)20)21(27)24-9-3-10-25(12-11-24)22(28)23-15-18-5-2-13-29-18/h2,5,7-8,13-14H,1,3-4,6,9-12,15H2,(H,23,28). The molecule has 152 valence electrons. The third-order valence-corrected chi connectivity index (χ3v) is 5.57. The van der Waals surface area contributed by atoms with Gasteiger partial charge in [0.05, 0.1) is 12.8 Å². The molecule has 1 aliphatic carbocycles. The molecular weight excluding hydrogens is 370 g/mol. The van der Waals surface area contributed by atoms with Crippen LogP contribution in [0.3, 0.4) is 0 Å². The highest BCUT2D eigenvalue weighted by Crippen LogP contribution is 2.23. The van der Waals surface area contributed by atoms with Gasteiger partial charge < -0.3 is 19.5 Å². The summed E-state index contributed by atoms with van der Waals surface area (Å²) >= 11 is 0. The Morgan fingerprint density at radius 2 is 1.83 bits per heavy atom. The van der Waals surface area contributed by atoms with E-state index in [1.165, 1.54) is 0 Å². The molecule has 2 aliphatic rings. The van der Waals surface area contributed by atoms with Crippen LogP contribution in [0.5, 0.6) is 0 Å². The predicted molar refractivity (Wildman–Crippen MR) is 107 cm³/mol. The van der Waals surface area contributed by atoms with Crippen LogP contribution in [0.25, 0.3) is 0 Å². The van der Waals surface area contributed by atoms with Gasteiger partial charge in [-0.2, -0.15) is 0 Å². The van der Waals surface area contributed by atoms with Crippen LogP contribution >= 0.6 is 0 Å². The topological polar surface area (TPSA) is 82.9 Å². The summed E-state index contributed by atoms with van der Waals surface area (Å²) in [5, 5.41) is 2.85. The fourth-order valence-electron chi connectivity index (χ4n) is 3.97. The average Bonchev–Trinajstić information content (AvgIpc) is 3.14. The van der Waals surface area contributed by atoms with E-state index < -0.39 is 0 Å². The van der Waals surface area contributed by atoms with Gasteiger partial charge in [0.15, 0.2) is 5.78 Å². The van der Waals surface area contributed by atoms with Crippen LogP contribution in [-0.2, 0) is 13.0 Å². The number of hydrogen-bond acceptors (Lipinski definition) is 4. The van der Waals surface area contributed by atoms with E-state index in [9.17, 15) is 14.4 Å². The maximum absolute atomic E-state index is 13.0. The second-order valence-corrected chi connectivity index (χ2v) is 7.52. The minimum absolute atomic E-state index is 0.0383. The van der Waals surface area contributed by atoms with Gasteiger partial charge in [-0.3, -0.25) is 9.59 Å². The highest BCUT2D eigenvalue weighted by atomic mass is 16.3. The first kappa shape index (κ1) is 19.2. The molecule has 3 amide bonds. The first-order chi connectivity index (χ1) is 14.1. The van der Waals surface area contributed by atoms with Crippen LogP contribution in [0.4, 0.5) is 4.79 Å². The summed E-state index contributed by atoms with van der Waals surface area (Å²) in [4.78, 5) is 40.9. The Labute approximate surface area is 169 Å². The van der Waals surface area contributed by atoms with Crippen molar-refractivity contribution < 1.29 is 18.8 Å². The van der Waals surface area contributed by atoms with Crippen molar-refractivity contribution in [2.24, 2.45) is 0 Å². The summed E-state index contributed by atoms with van der Waals surface area (Å²) in [6, 6.07) is 8.86. The Hall–Kier alpha value is -3.09. The van der Waals surface area contributed by atoms with E-state index >= 15 is 0 Å². The zero-order chi connectivity index (χ0) is 20.2. The number of urea groups is 1. The molecular formula is C22H25N3O4. The van der Waals surface area contributed by atoms with Crippen molar-refractivity contribution in [3.05, 3.63) is 59.0 Å². The van der Waals surface area contributed by atoms with Gasteiger partial charge in [-0.25, -0.2) is 4.79 Å². The van der Waals surface area contributed by atoms with Crippen molar-refractivity contribution in [1.29, 1.82) is 0 Å². The van der Waals surface area contributed by atoms with Crippen molar-refractivity contribution in [1.82, 2.24) is 15.1 Å². The quantitative estimate of drug-likeness (QED) is 0.866. The van der Waals surface area contributed by atoms with Gasteiger partial charge in [-0.05, 0) is 49.1 Å². The number of carbonyl (C=O) groups excluding carboxylic acids is 3. The summed E-state index contributed by atoms with van der Waals surface area (Å²) in [5.41, 5.74) is 2.35. The second kappa shape index (κ2) is 8.51. The molecule has 0 bridgehead atoms. The zero-order valence-corrected chi connectivity index (χ0v) is 16.4. The smallest absolute Gasteiger partial charge is 0.317 e. The number of furan rings is 1. The summed E-state index contributed by atoms with van der Waals surface area (Å²) < 4.78 is 5.23. The van der Waals surface area contributed by atoms with Crippen LogP contribution in [0.1, 0.15) is 51.3 Å². The summed E-state index contributed by atoms with van der Waals surface area (Å²) in [6.07, 6.45) is 4.57. The molecule has 0 unspecified atom stereocenters. The highest BCUT2D eigenvalue weighted by molar-refractivity contribution is 6.01. The molecule has 1 N–H and O–H groups in total. The van der Waals surface area contributed by atoms with Crippen molar-refractivity contribution in [3.8, 4) is 0 Å². The van der Waals surface area contributed by atoms with E-state index in [0.29, 0.717) is 50.5 Å². The van der Waals surface area contributed by atoms with Crippen LogP contribution in [-0.4, -0.2) is 53.7 Å². The number of hydrogen-bond donors (Lipinski definition) is 1. The highest BCUT2D eigenvalue weighted by Gasteiger charge is 2.24. The van der Waals surface area contributed by atoms with E-state index in [2.05, 4.69) is 5.32 Å². The largest absolute Gasteiger partial charge is 0.467 e. The number of Topliss-reactive ketones (excluding diaryl/α,β-unsaturated/α-hetero) is 1. The Bertz CT molecular complexity index is 907. The number of carbonyl (C=O) groups is 3. The number of amides is 3. The normalized spacial score (nSPS) is 16.9. The molecule has 1 aromatic carbocycles. The molecule has 0 radical (unpaired) electrons. The summed E-state index contributed by atoms with van der Waals surface area (Å²) in [5.74, 6) is 0.829. The lowest BCUT2D eigenvalue weighted by molar-refractivity contribution is 0.0761. The molecule has 0 spiro atoms. The first-order valence-electron chi connectivity index (χ1n) is 10.1. The number of rotatable bonds is 3.